The van der Waals surface area contributed by atoms with Gasteiger partial charge in [-0.2, -0.15) is 0 Å². The van der Waals surface area contributed by atoms with Gasteiger partial charge >= 0.3 is 0 Å². The van der Waals surface area contributed by atoms with Crippen LogP contribution in [0.5, 0.6) is 0 Å². The van der Waals surface area contributed by atoms with E-state index in [4.69, 9.17) is 5.73 Å². The van der Waals surface area contributed by atoms with E-state index in [2.05, 4.69) is 42.1 Å². The van der Waals surface area contributed by atoms with Crippen molar-refractivity contribution in [2.24, 2.45) is 18.7 Å². The maximum atomic E-state index is 11.2. The Kier molecular flexibility index (Phi) is 3.05. The van der Waals surface area contributed by atoms with Gasteiger partial charge in [-0.25, -0.2) is 0 Å². The van der Waals surface area contributed by atoms with Crippen molar-refractivity contribution >= 4 is 16.8 Å². The molecule has 3 heteroatoms. The number of para-hydroxylation sites is 1. The molecule has 0 radical (unpaired) electrons. The Morgan fingerprint density at radius 2 is 1.89 bits per heavy atom. The van der Waals surface area contributed by atoms with Crippen LogP contribution in [0, 0.1) is 5.92 Å². The molecule has 0 atom stereocenters. The molecule has 0 saturated heterocycles. The van der Waals surface area contributed by atoms with Crippen molar-refractivity contribution in [1.82, 2.24) is 4.57 Å². The number of nitrogens with zero attached hydrogens (tertiary/aromatic N) is 1. The first-order valence-electron chi connectivity index (χ1n) is 7.00. The Bertz CT molecular complexity index is 606. The predicted molar refractivity (Wildman–Crippen MR) is 76.8 cm³/mol. The van der Waals surface area contributed by atoms with Gasteiger partial charge in [0.1, 0.15) is 0 Å². The summed E-state index contributed by atoms with van der Waals surface area (Å²) in [7, 11) is 2.10. The fourth-order valence-electron chi connectivity index (χ4n) is 3.39. The van der Waals surface area contributed by atoms with Gasteiger partial charge in [0.25, 0.3) is 0 Å². The van der Waals surface area contributed by atoms with Crippen LogP contribution >= 0.6 is 0 Å². The second-order valence-corrected chi connectivity index (χ2v) is 5.66. The molecule has 1 fully saturated rings. The molecule has 19 heavy (non-hydrogen) atoms. The highest BCUT2D eigenvalue weighted by Crippen LogP contribution is 2.39. The molecule has 0 aliphatic heterocycles. The standard InChI is InChI=1S/C16H20N2O/c1-18-10-14(13-4-2-3-5-15(13)18)11-6-8-12(9-7-11)16(17)19/h2-5,10-12H,6-9H2,1H3,(H2,17,19). The average Bonchev–Trinajstić information content (AvgIpc) is 2.77. The van der Waals surface area contributed by atoms with Crippen LogP contribution in [0.3, 0.4) is 0 Å². The van der Waals surface area contributed by atoms with E-state index in [-0.39, 0.29) is 11.8 Å². The molecule has 0 spiro atoms. The summed E-state index contributed by atoms with van der Waals surface area (Å²) in [5.41, 5.74) is 8.12. The van der Waals surface area contributed by atoms with Crippen molar-refractivity contribution in [3.8, 4) is 0 Å². The molecule has 2 N–H and O–H groups in total. The Labute approximate surface area is 113 Å². The molecule has 100 valence electrons. The van der Waals surface area contributed by atoms with Crippen molar-refractivity contribution < 1.29 is 4.79 Å². The molecule has 1 aromatic heterocycles. The van der Waals surface area contributed by atoms with E-state index in [9.17, 15) is 4.79 Å². The highest BCUT2D eigenvalue weighted by Gasteiger charge is 2.27. The third-order valence-electron chi connectivity index (χ3n) is 4.50. The van der Waals surface area contributed by atoms with Crippen LogP contribution in [0.15, 0.2) is 30.5 Å². The first kappa shape index (κ1) is 12.3. The van der Waals surface area contributed by atoms with E-state index in [1.165, 1.54) is 16.5 Å². The quantitative estimate of drug-likeness (QED) is 0.882. The van der Waals surface area contributed by atoms with Crippen molar-refractivity contribution in [2.75, 3.05) is 0 Å². The molecule has 1 aliphatic carbocycles. The third kappa shape index (κ3) is 2.14. The number of aryl methyl sites for hydroxylation is 1. The topological polar surface area (TPSA) is 48.0 Å². The summed E-state index contributed by atoms with van der Waals surface area (Å²) in [6, 6.07) is 8.54. The van der Waals surface area contributed by atoms with E-state index in [1.54, 1.807) is 0 Å². The molecule has 1 aromatic carbocycles. The summed E-state index contributed by atoms with van der Waals surface area (Å²) in [5, 5.41) is 1.35. The lowest BCUT2D eigenvalue weighted by atomic mass is 9.78. The van der Waals surface area contributed by atoms with Crippen molar-refractivity contribution in [3.63, 3.8) is 0 Å². The van der Waals surface area contributed by atoms with E-state index >= 15 is 0 Å². The number of carbonyl (C=O) groups is 1. The number of amides is 1. The molecule has 0 bridgehead atoms. The minimum Gasteiger partial charge on any atom is -0.369 e. The number of fused-ring (bicyclic) bond motifs is 1. The number of hydrogen-bond donors (Lipinski definition) is 1. The van der Waals surface area contributed by atoms with Gasteiger partial charge in [0.2, 0.25) is 5.91 Å². The number of primary amides is 1. The molecule has 1 amide bonds. The molecule has 1 heterocycles. The summed E-state index contributed by atoms with van der Waals surface area (Å²) in [6.45, 7) is 0. The Balaban J connectivity index is 1.88. The molecule has 1 aliphatic rings. The van der Waals surface area contributed by atoms with Gasteiger partial charge in [0.05, 0.1) is 0 Å². The summed E-state index contributed by atoms with van der Waals surface area (Å²) in [5.74, 6) is 0.532. The number of benzene rings is 1. The highest BCUT2D eigenvalue weighted by molar-refractivity contribution is 5.84. The van der Waals surface area contributed by atoms with Crippen molar-refractivity contribution in [2.45, 2.75) is 31.6 Å². The summed E-state index contributed by atoms with van der Waals surface area (Å²) >= 11 is 0. The van der Waals surface area contributed by atoms with E-state index in [0.29, 0.717) is 5.92 Å². The van der Waals surface area contributed by atoms with Crippen LogP contribution in [0.4, 0.5) is 0 Å². The second kappa shape index (κ2) is 4.72. The summed E-state index contributed by atoms with van der Waals surface area (Å²) < 4.78 is 2.20. The van der Waals surface area contributed by atoms with E-state index in [1.807, 2.05) is 0 Å². The average molecular weight is 256 g/mol. The van der Waals surface area contributed by atoms with E-state index < -0.39 is 0 Å². The first-order valence-corrected chi connectivity index (χ1v) is 7.00. The van der Waals surface area contributed by atoms with Gasteiger partial charge < -0.3 is 10.3 Å². The first-order chi connectivity index (χ1) is 9.16. The smallest absolute Gasteiger partial charge is 0.220 e. The lowest BCUT2D eigenvalue weighted by Crippen LogP contribution is -2.27. The van der Waals surface area contributed by atoms with Crippen LogP contribution in [0.25, 0.3) is 10.9 Å². The number of carbonyl (C=O) groups excluding carboxylic acids is 1. The van der Waals surface area contributed by atoms with Crippen LogP contribution < -0.4 is 5.73 Å². The monoisotopic (exact) mass is 256 g/mol. The molecular formula is C16H20N2O. The maximum absolute atomic E-state index is 11.2. The Morgan fingerprint density at radius 1 is 1.21 bits per heavy atom. The molecular weight excluding hydrogens is 236 g/mol. The fourth-order valence-corrected chi connectivity index (χ4v) is 3.39. The Morgan fingerprint density at radius 3 is 2.58 bits per heavy atom. The fraction of sp³-hybridized carbons (Fsp3) is 0.438. The van der Waals surface area contributed by atoms with Gasteiger partial charge in [-0.3, -0.25) is 4.79 Å². The minimum absolute atomic E-state index is 0.0891. The zero-order valence-electron chi connectivity index (χ0n) is 11.3. The zero-order valence-corrected chi connectivity index (χ0v) is 11.3. The largest absolute Gasteiger partial charge is 0.369 e. The van der Waals surface area contributed by atoms with Crippen LogP contribution in [-0.2, 0) is 11.8 Å². The van der Waals surface area contributed by atoms with E-state index in [0.717, 1.165) is 25.7 Å². The van der Waals surface area contributed by atoms with Gasteiger partial charge in [-0.15, -0.1) is 0 Å². The number of aromatic nitrogens is 1. The zero-order chi connectivity index (χ0) is 13.4. The molecule has 3 nitrogen and oxygen atoms in total. The lowest BCUT2D eigenvalue weighted by Gasteiger charge is -2.26. The van der Waals surface area contributed by atoms with Gasteiger partial charge in [-0.05, 0) is 43.2 Å². The molecule has 2 aromatic rings. The number of rotatable bonds is 2. The summed E-state index contributed by atoms with van der Waals surface area (Å²) in [4.78, 5) is 11.2. The second-order valence-electron chi connectivity index (χ2n) is 5.66. The van der Waals surface area contributed by atoms with Crippen molar-refractivity contribution in [1.29, 1.82) is 0 Å². The maximum Gasteiger partial charge on any atom is 0.220 e. The lowest BCUT2D eigenvalue weighted by molar-refractivity contribution is -0.122. The number of hydrogen-bond acceptors (Lipinski definition) is 1. The number of nitrogens with two attached hydrogens (primary N) is 1. The van der Waals surface area contributed by atoms with Crippen molar-refractivity contribution in [3.05, 3.63) is 36.0 Å². The van der Waals surface area contributed by atoms with Gasteiger partial charge in [-0.1, -0.05) is 18.2 Å². The molecule has 1 saturated carbocycles. The van der Waals surface area contributed by atoms with Crippen LogP contribution in [-0.4, -0.2) is 10.5 Å². The Hall–Kier alpha value is -1.77. The predicted octanol–water partition coefficient (Wildman–Crippen LogP) is 2.94. The normalized spacial score (nSPS) is 23.6. The van der Waals surface area contributed by atoms with Gasteiger partial charge in [0.15, 0.2) is 0 Å². The van der Waals surface area contributed by atoms with Crippen LogP contribution in [0.1, 0.15) is 37.2 Å². The third-order valence-corrected chi connectivity index (χ3v) is 4.50. The molecule has 3 rings (SSSR count). The van der Waals surface area contributed by atoms with Crippen LogP contribution in [0.2, 0.25) is 0 Å². The molecule has 0 unspecified atom stereocenters. The highest BCUT2D eigenvalue weighted by atomic mass is 16.1. The SMILES string of the molecule is Cn1cc(C2CCC(C(N)=O)CC2)c2ccccc21. The minimum atomic E-state index is -0.128. The summed E-state index contributed by atoms with van der Waals surface area (Å²) in [6.07, 6.45) is 6.26. The van der Waals surface area contributed by atoms with Gasteiger partial charge in [0, 0.05) is 30.1 Å².